The van der Waals surface area contributed by atoms with E-state index in [1.54, 1.807) is 0 Å². The standard InChI is InChI=1S/C13H25NO2/c1-8(10(15)16-7)9(2)14-11-12(3,4)13(11,5)6/h8-9,11,14H,1-7H3. The zero-order valence-corrected chi connectivity index (χ0v) is 11.5. The van der Waals surface area contributed by atoms with Crippen molar-refractivity contribution in [3.63, 3.8) is 0 Å². The Balaban J connectivity index is 2.55. The lowest BCUT2D eigenvalue weighted by Gasteiger charge is -2.20. The van der Waals surface area contributed by atoms with Gasteiger partial charge in [-0.1, -0.05) is 34.6 Å². The number of ether oxygens (including phenoxy) is 1. The van der Waals surface area contributed by atoms with Crippen molar-refractivity contribution in [2.24, 2.45) is 16.7 Å². The quantitative estimate of drug-likeness (QED) is 0.748. The van der Waals surface area contributed by atoms with Gasteiger partial charge in [0.1, 0.15) is 0 Å². The fraction of sp³-hybridized carbons (Fsp3) is 0.923. The van der Waals surface area contributed by atoms with Gasteiger partial charge in [-0.2, -0.15) is 0 Å². The average Bonchev–Trinajstić information content (AvgIpc) is 2.58. The molecule has 0 radical (unpaired) electrons. The van der Waals surface area contributed by atoms with Crippen LogP contribution in [0.1, 0.15) is 41.5 Å². The van der Waals surface area contributed by atoms with E-state index >= 15 is 0 Å². The molecule has 0 bridgehead atoms. The monoisotopic (exact) mass is 227 g/mol. The molecule has 0 amide bonds. The van der Waals surface area contributed by atoms with Crippen LogP contribution in [0.4, 0.5) is 0 Å². The summed E-state index contributed by atoms with van der Waals surface area (Å²) in [4.78, 5) is 11.4. The second kappa shape index (κ2) is 4.02. The molecule has 1 saturated carbocycles. The van der Waals surface area contributed by atoms with Gasteiger partial charge < -0.3 is 10.1 Å². The lowest BCUT2D eigenvalue weighted by molar-refractivity contribution is -0.145. The van der Waals surface area contributed by atoms with E-state index in [2.05, 4.69) is 33.0 Å². The molecule has 2 atom stereocenters. The highest BCUT2D eigenvalue weighted by Crippen LogP contribution is 2.62. The van der Waals surface area contributed by atoms with E-state index in [0.29, 0.717) is 16.9 Å². The second-order valence-electron chi connectivity index (χ2n) is 6.14. The van der Waals surface area contributed by atoms with Gasteiger partial charge in [-0.05, 0) is 17.8 Å². The molecule has 0 saturated heterocycles. The number of rotatable bonds is 4. The molecule has 3 nitrogen and oxygen atoms in total. The van der Waals surface area contributed by atoms with E-state index in [-0.39, 0.29) is 17.9 Å². The Labute approximate surface area is 98.9 Å². The average molecular weight is 227 g/mol. The summed E-state index contributed by atoms with van der Waals surface area (Å²) in [5, 5.41) is 3.55. The number of hydrogen-bond acceptors (Lipinski definition) is 3. The zero-order valence-electron chi connectivity index (χ0n) is 11.5. The Morgan fingerprint density at radius 1 is 1.19 bits per heavy atom. The summed E-state index contributed by atoms with van der Waals surface area (Å²) in [5.41, 5.74) is 0.605. The lowest BCUT2D eigenvalue weighted by Crippen LogP contribution is -2.40. The number of carbonyl (C=O) groups excluding carboxylic acids is 1. The van der Waals surface area contributed by atoms with E-state index in [0.717, 1.165) is 0 Å². The molecule has 0 aliphatic heterocycles. The molecule has 94 valence electrons. The number of hydrogen-bond donors (Lipinski definition) is 1. The lowest BCUT2D eigenvalue weighted by atomic mass is 10.0. The molecule has 1 fully saturated rings. The van der Waals surface area contributed by atoms with Gasteiger partial charge in [0.25, 0.3) is 0 Å². The SMILES string of the molecule is COC(=O)C(C)C(C)NC1C(C)(C)C1(C)C. The molecule has 0 spiro atoms. The topological polar surface area (TPSA) is 38.3 Å². The van der Waals surface area contributed by atoms with Gasteiger partial charge in [0.2, 0.25) is 0 Å². The highest BCUT2D eigenvalue weighted by atomic mass is 16.5. The van der Waals surface area contributed by atoms with E-state index < -0.39 is 0 Å². The minimum absolute atomic E-state index is 0.0998. The van der Waals surface area contributed by atoms with E-state index in [4.69, 9.17) is 4.74 Å². The Kier molecular flexibility index (Phi) is 3.39. The predicted octanol–water partition coefficient (Wildman–Crippen LogP) is 2.21. The first kappa shape index (κ1) is 13.5. The van der Waals surface area contributed by atoms with Crippen LogP contribution in [0.15, 0.2) is 0 Å². The molecule has 0 aromatic carbocycles. The van der Waals surface area contributed by atoms with Crippen molar-refractivity contribution in [3.8, 4) is 0 Å². The molecule has 2 unspecified atom stereocenters. The van der Waals surface area contributed by atoms with E-state index in [1.165, 1.54) is 7.11 Å². The van der Waals surface area contributed by atoms with Gasteiger partial charge in [-0.25, -0.2) is 0 Å². The fourth-order valence-corrected chi connectivity index (χ4v) is 2.41. The molecule has 16 heavy (non-hydrogen) atoms. The Hall–Kier alpha value is -0.570. The number of carbonyl (C=O) groups is 1. The first-order chi connectivity index (χ1) is 7.16. The minimum atomic E-state index is -0.142. The van der Waals surface area contributed by atoms with Crippen molar-refractivity contribution in [2.75, 3.05) is 7.11 Å². The summed E-state index contributed by atoms with van der Waals surface area (Å²) >= 11 is 0. The molecule has 3 heteroatoms. The van der Waals surface area contributed by atoms with Gasteiger partial charge in [0.05, 0.1) is 13.0 Å². The summed E-state index contributed by atoms with van der Waals surface area (Å²) < 4.78 is 4.76. The summed E-state index contributed by atoms with van der Waals surface area (Å²) in [6.07, 6.45) is 0. The minimum Gasteiger partial charge on any atom is -0.469 e. The van der Waals surface area contributed by atoms with Crippen LogP contribution < -0.4 is 5.32 Å². The van der Waals surface area contributed by atoms with Gasteiger partial charge in [-0.3, -0.25) is 4.79 Å². The maximum Gasteiger partial charge on any atom is 0.309 e. The molecule has 1 N–H and O–H groups in total. The highest BCUT2D eigenvalue weighted by Gasteiger charge is 2.64. The van der Waals surface area contributed by atoms with Crippen LogP contribution >= 0.6 is 0 Å². The maximum atomic E-state index is 11.4. The van der Waals surface area contributed by atoms with Crippen molar-refractivity contribution in [2.45, 2.75) is 53.6 Å². The van der Waals surface area contributed by atoms with Gasteiger partial charge in [0, 0.05) is 12.1 Å². The van der Waals surface area contributed by atoms with Crippen LogP contribution in [-0.4, -0.2) is 25.2 Å². The molecule has 1 aliphatic rings. The number of methoxy groups -OCH3 is 1. The zero-order chi connectivity index (χ0) is 12.7. The van der Waals surface area contributed by atoms with Crippen LogP contribution in [-0.2, 0) is 9.53 Å². The predicted molar refractivity (Wildman–Crippen MR) is 65.1 cm³/mol. The van der Waals surface area contributed by atoms with E-state index in [1.807, 2.05) is 13.8 Å². The van der Waals surface area contributed by atoms with Crippen molar-refractivity contribution in [1.29, 1.82) is 0 Å². The van der Waals surface area contributed by atoms with Crippen molar-refractivity contribution in [1.82, 2.24) is 5.32 Å². The Bertz CT molecular complexity index is 270. The largest absolute Gasteiger partial charge is 0.469 e. The highest BCUT2D eigenvalue weighted by molar-refractivity contribution is 5.72. The summed E-state index contributed by atoms with van der Waals surface area (Å²) in [6.45, 7) is 13.0. The summed E-state index contributed by atoms with van der Waals surface area (Å²) in [5.74, 6) is -0.242. The molecule has 1 rings (SSSR count). The smallest absolute Gasteiger partial charge is 0.309 e. The second-order valence-corrected chi connectivity index (χ2v) is 6.14. The fourth-order valence-electron chi connectivity index (χ4n) is 2.41. The summed E-state index contributed by atoms with van der Waals surface area (Å²) in [7, 11) is 1.44. The Morgan fingerprint density at radius 2 is 1.62 bits per heavy atom. The van der Waals surface area contributed by atoms with Crippen LogP contribution in [0.25, 0.3) is 0 Å². The van der Waals surface area contributed by atoms with Crippen LogP contribution in [0.2, 0.25) is 0 Å². The first-order valence-corrected chi connectivity index (χ1v) is 6.00. The molecular formula is C13H25NO2. The third-order valence-electron chi connectivity index (χ3n) is 4.77. The third-order valence-corrected chi connectivity index (χ3v) is 4.77. The number of nitrogens with one attached hydrogen (secondary N) is 1. The molecular weight excluding hydrogens is 202 g/mol. The third kappa shape index (κ3) is 1.97. The Morgan fingerprint density at radius 3 is 1.94 bits per heavy atom. The van der Waals surface area contributed by atoms with Gasteiger partial charge in [-0.15, -0.1) is 0 Å². The number of esters is 1. The van der Waals surface area contributed by atoms with Crippen LogP contribution in [0.3, 0.4) is 0 Å². The van der Waals surface area contributed by atoms with Crippen molar-refractivity contribution < 1.29 is 9.53 Å². The maximum absolute atomic E-state index is 11.4. The van der Waals surface area contributed by atoms with Gasteiger partial charge in [0.15, 0.2) is 0 Å². The molecule has 0 aromatic heterocycles. The van der Waals surface area contributed by atoms with Gasteiger partial charge >= 0.3 is 5.97 Å². The first-order valence-electron chi connectivity index (χ1n) is 6.00. The van der Waals surface area contributed by atoms with Crippen molar-refractivity contribution in [3.05, 3.63) is 0 Å². The van der Waals surface area contributed by atoms with Crippen LogP contribution in [0.5, 0.6) is 0 Å². The summed E-state index contributed by atoms with van der Waals surface area (Å²) in [6, 6.07) is 0.626. The van der Waals surface area contributed by atoms with E-state index in [9.17, 15) is 4.79 Å². The van der Waals surface area contributed by atoms with Crippen LogP contribution in [0, 0.1) is 16.7 Å². The molecule has 0 aromatic rings. The van der Waals surface area contributed by atoms with Crippen molar-refractivity contribution >= 4 is 5.97 Å². The molecule has 0 heterocycles. The molecule has 1 aliphatic carbocycles. The normalized spacial score (nSPS) is 25.9.